The van der Waals surface area contributed by atoms with Crippen LogP contribution in [0.15, 0.2) is 36.8 Å². The van der Waals surface area contributed by atoms with Gasteiger partial charge in [-0.1, -0.05) is 0 Å². The van der Waals surface area contributed by atoms with E-state index in [2.05, 4.69) is 27.6 Å². The molecule has 2 aliphatic heterocycles. The zero-order valence-corrected chi connectivity index (χ0v) is 20.0. The summed E-state index contributed by atoms with van der Waals surface area (Å²) in [7, 11) is 0. The van der Waals surface area contributed by atoms with Crippen LogP contribution in [0.4, 0.5) is 5.69 Å². The van der Waals surface area contributed by atoms with Crippen molar-refractivity contribution >= 4 is 33.5 Å². The fourth-order valence-electron chi connectivity index (χ4n) is 5.58. The van der Waals surface area contributed by atoms with Crippen LogP contribution in [0.3, 0.4) is 0 Å². The molecular formula is C26H27N7O3. The number of rotatable bonds is 5. The second-order valence-electron chi connectivity index (χ2n) is 9.63. The van der Waals surface area contributed by atoms with Crippen molar-refractivity contribution < 1.29 is 14.6 Å². The van der Waals surface area contributed by atoms with Gasteiger partial charge in [-0.15, -0.1) is 0 Å². The van der Waals surface area contributed by atoms with Crippen LogP contribution in [0.25, 0.3) is 21.9 Å². The highest BCUT2D eigenvalue weighted by molar-refractivity contribution is 6.03. The maximum atomic E-state index is 13.1. The molecule has 0 aliphatic carbocycles. The van der Waals surface area contributed by atoms with Crippen molar-refractivity contribution in [1.82, 2.24) is 24.3 Å². The molecule has 0 bridgehead atoms. The molecule has 5 heterocycles. The summed E-state index contributed by atoms with van der Waals surface area (Å²) in [6.07, 6.45) is 7.42. The molecule has 10 nitrogen and oxygen atoms in total. The van der Waals surface area contributed by atoms with Gasteiger partial charge in [0.25, 0.3) is 0 Å². The monoisotopic (exact) mass is 485 g/mol. The number of hydrogen-bond acceptors (Lipinski definition) is 7. The van der Waals surface area contributed by atoms with Gasteiger partial charge in [-0.2, -0.15) is 10.4 Å². The Labute approximate surface area is 207 Å². The molecule has 4 aromatic rings. The molecule has 2 aliphatic rings. The summed E-state index contributed by atoms with van der Waals surface area (Å²) >= 11 is 0. The number of aliphatic hydroxyl groups excluding tert-OH is 1. The predicted octanol–water partition coefficient (Wildman–Crippen LogP) is 2.91. The number of ether oxygens (including phenoxy) is 1. The second-order valence-corrected chi connectivity index (χ2v) is 9.63. The lowest BCUT2D eigenvalue weighted by atomic mass is 10.0. The average molecular weight is 486 g/mol. The lowest BCUT2D eigenvalue weighted by molar-refractivity contribution is -0.117. The summed E-state index contributed by atoms with van der Waals surface area (Å²) in [4.78, 5) is 24.5. The van der Waals surface area contributed by atoms with Crippen molar-refractivity contribution in [3.63, 3.8) is 0 Å². The number of nitriles is 1. The topological polar surface area (TPSA) is 122 Å². The number of carbonyl (C=O) groups excluding carboxylic acids is 1. The molecule has 1 amide bonds. The van der Waals surface area contributed by atoms with Crippen LogP contribution in [-0.2, 0) is 16.1 Å². The van der Waals surface area contributed by atoms with Gasteiger partial charge in [-0.05, 0) is 38.0 Å². The maximum absolute atomic E-state index is 13.1. The Morgan fingerprint density at radius 2 is 2.17 bits per heavy atom. The van der Waals surface area contributed by atoms with Crippen molar-refractivity contribution in [3.8, 4) is 6.07 Å². The van der Waals surface area contributed by atoms with Crippen LogP contribution < -0.4 is 4.90 Å². The highest BCUT2D eigenvalue weighted by Crippen LogP contribution is 2.39. The Kier molecular flexibility index (Phi) is 5.66. The summed E-state index contributed by atoms with van der Waals surface area (Å²) in [6.45, 7) is 3.62. The fourth-order valence-corrected chi connectivity index (χ4v) is 5.58. The van der Waals surface area contributed by atoms with Gasteiger partial charge in [0.05, 0.1) is 60.0 Å². The first-order chi connectivity index (χ1) is 17.6. The number of hydrogen-bond donors (Lipinski definition) is 1. The van der Waals surface area contributed by atoms with Gasteiger partial charge in [0.2, 0.25) is 5.91 Å². The third kappa shape index (κ3) is 3.81. The Bertz CT molecular complexity index is 1500. The summed E-state index contributed by atoms with van der Waals surface area (Å²) in [5.74, 6) is 0.801. The van der Waals surface area contributed by atoms with E-state index in [4.69, 9.17) is 9.72 Å². The predicted molar refractivity (Wildman–Crippen MR) is 132 cm³/mol. The highest BCUT2D eigenvalue weighted by Gasteiger charge is 2.37. The molecule has 36 heavy (non-hydrogen) atoms. The third-order valence-corrected chi connectivity index (χ3v) is 7.25. The van der Waals surface area contributed by atoms with Crippen molar-refractivity contribution in [2.45, 2.75) is 50.8 Å². The Balaban J connectivity index is 1.47. The minimum atomic E-state index is -0.0987. The van der Waals surface area contributed by atoms with Gasteiger partial charge in [0.1, 0.15) is 11.3 Å². The number of aromatic nitrogens is 5. The van der Waals surface area contributed by atoms with E-state index in [1.807, 2.05) is 12.1 Å². The van der Waals surface area contributed by atoms with E-state index >= 15 is 0 Å². The van der Waals surface area contributed by atoms with Gasteiger partial charge in [-0.3, -0.25) is 14.5 Å². The first kappa shape index (κ1) is 22.6. The smallest absolute Gasteiger partial charge is 0.227 e. The van der Waals surface area contributed by atoms with E-state index in [1.54, 1.807) is 34.2 Å². The minimum Gasteiger partial charge on any atom is -0.394 e. The zero-order chi connectivity index (χ0) is 24.8. The second kappa shape index (κ2) is 9.00. The van der Waals surface area contributed by atoms with E-state index in [9.17, 15) is 15.2 Å². The van der Waals surface area contributed by atoms with Crippen LogP contribution in [0.2, 0.25) is 0 Å². The molecule has 2 saturated heterocycles. The van der Waals surface area contributed by atoms with E-state index in [0.717, 1.165) is 46.3 Å². The molecule has 184 valence electrons. The molecule has 0 spiro atoms. The highest BCUT2D eigenvalue weighted by atomic mass is 16.5. The summed E-state index contributed by atoms with van der Waals surface area (Å²) in [5, 5.41) is 23.9. The van der Waals surface area contributed by atoms with Crippen LogP contribution in [0.1, 0.15) is 49.5 Å². The van der Waals surface area contributed by atoms with E-state index < -0.39 is 0 Å². The van der Waals surface area contributed by atoms with Gasteiger partial charge >= 0.3 is 0 Å². The molecule has 1 N–H and O–H groups in total. The summed E-state index contributed by atoms with van der Waals surface area (Å²) < 4.78 is 9.78. The molecule has 3 aromatic heterocycles. The van der Waals surface area contributed by atoms with Crippen LogP contribution in [0.5, 0.6) is 0 Å². The van der Waals surface area contributed by atoms with Gasteiger partial charge in [0, 0.05) is 43.1 Å². The van der Waals surface area contributed by atoms with Crippen molar-refractivity contribution in [2.24, 2.45) is 0 Å². The SMILES string of the molecule is CC1CC(n2c(C3CC(=O)N(c4cnn(CCO)c4)C3)nc3cnc4ccc(C#N)cc4c32)CCO1. The fraction of sp³-hybridized carbons (Fsp3) is 0.423. The lowest BCUT2D eigenvalue weighted by Gasteiger charge is -2.31. The molecule has 0 saturated carbocycles. The number of anilines is 1. The number of imidazole rings is 1. The first-order valence-corrected chi connectivity index (χ1v) is 12.3. The quantitative estimate of drug-likeness (QED) is 0.461. The first-order valence-electron chi connectivity index (χ1n) is 12.3. The van der Waals surface area contributed by atoms with E-state index in [0.29, 0.717) is 31.7 Å². The van der Waals surface area contributed by atoms with Crippen LogP contribution >= 0.6 is 0 Å². The van der Waals surface area contributed by atoms with Gasteiger partial charge in [-0.25, -0.2) is 4.98 Å². The van der Waals surface area contributed by atoms with Crippen LogP contribution in [0, 0.1) is 11.3 Å². The summed E-state index contributed by atoms with van der Waals surface area (Å²) in [5.41, 5.74) is 3.86. The van der Waals surface area contributed by atoms with Gasteiger partial charge in [0.15, 0.2) is 0 Å². The molecule has 2 fully saturated rings. The number of carbonyl (C=O) groups is 1. The van der Waals surface area contributed by atoms with Crippen LogP contribution in [-0.4, -0.2) is 61.2 Å². The van der Waals surface area contributed by atoms with E-state index in [1.165, 1.54) is 0 Å². The molecule has 0 radical (unpaired) electrons. The number of pyridine rings is 1. The van der Waals surface area contributed by atoms with Gasteiger partial charge < -0.3 is 19.3 Å². The number of aliphatic hydroxyl groups is 1. The standard InChI is InChI=1S/C26H27N7O3/c1-16-8-19(4-7-36-16)33-25-21-9-17(11-27)2-3-22(21)28-13-23(25)30-26(33)18-10-24(35)32(14-18)20-12-29-31(15-20)5-6-34/h2-3,9,12-13,15-16,18-19,34H,4-8,10,14H2,1H3. The molecule has 3 atom stereocenters. The molecule has 6 rings (SSSR count). The molecular weight excluding hydrogens is 458 g/mol. The third-order valence-electron chi connectivity index (χ3n) is 7.25. The van der Waals surface area contributed by atoms with Crippen molar-refractivity contribution in [3.05, 3.63) is 48.2 Å². The Morgan fingerprint density at radius 3 is 2.97 bits per heavy atom. The zero-order valence-electron chi connectivity index (χ0n) is 20.0. The minimum absolute atomic E-state index is 0.0131. The number of benzene rings is 1. The normalized spacial score (nSPS) is 22.5. The number of fused-ring (bicyclic) bond motifs is 3. The number of amides is 1. The van der Waals surface area contributed by atoms with E-state index in [-0.39, 0.29) is 30.6 Å². The Morgan fingerprint density at radius 1 is 1.28 bits per heavy atom. The number of nitrogens with zero attached hydrogens (tertiary/aromatic N) is 7. The summed E-state index contributed by atoms with van der Waals surface area (Å²) in [6, 6.07) is 7.95. The average Bonchev–Trinajstić information content (AvgIpc) is 3.60. The molecule has 10 heteroatoms. The molecule has 1 aromatic carbocycles. The molecule has 3 unspecified atom stereocenters. The van der Waals surface area contributed by atoms with Crippen molar-refractivity contribution in [2.75, 3.05) is 24.7 Å². The largest absolute Gasteiger partial charge is 0.394 e. The lowest BCUT2D eigenvalue weighted by Crippen LogP contribution is -2.28. The van der Waals surface area contributed by atoms with Crippen molar-refractivity contribution in [1.29, 1.82) is 5.26 Å². The maximum Gasteiger partial charge on any atom is 0.227 e. The Hall–Kier alpha value is -3.81.